The third-order valence-corrected chi connectivity index (χ3v) is 3.49. The maximum absolute atomic E-state index is 10.5. The Balaban J connectivity index is 2.09. The second kappa shape index (κ2) is 5.30. The van der Waals surface area contributed by atoms with Crippen LogP contribution in [0.2, 0.25) is 0 Å². The van der Waals surface area contributed by atoms with Gasteiger partial charge >= 0.3 is 5.82 Å². The van der Waals surface area contributed by atoms with Gasteiger partial charge in [0.2, 0.25) is 0 Å². The fourth-order valence-corrected chi connectivity index (χ4v) is 2.35. The summed E-state index contributed by atoms with van der Waals surface area (Å²) in [5.74, 6) is 0.369. The SMILES string of the molecule is CC(N)C1CCCN(c2ccc([N+](=O)[O-])nc2)C1. The Morgan fingerprint density at radius 3 is 2.94 bits per heavy atom. The zero-order valence-electron chi connectivity index (χ0n) is 10.5. The lowest BCUT2D eigenvalue weighted by molar-refractivity contribution is -0.389. The van der Waals surface area contributed by atoms with Crippen molar-refractivity contribution in [2.45, 2.75) is 25.8 Å². The maximum atomic E-state index is 10.5. The first kappa shape index (κ1) is 12.8. The molecular formula is C12H18N4O2. The molecular weight excluding hydrogens is 232 g/mol. The Bertz CT molecular complexity index is 419. The highest BCUT2D eigenvalue weighted by Gasteiger charge is 2.23. The van der Waals surface area contributed by atoms with Gasteiger partial charge in [0.25, 0.3) is 0 Å². The average molecular weight is 250 g/mol. The number of anilines is 1. The van der Waals surface area contributed by atoms with E-state index in [1.165, 1.54) is 6.07 Å². The third kappa shape index (κ3) is 2.76. The number of pyridine rings is 1. The molecule has 2 unspecified atom stereocenters. The zero-order valence-corrected chi connectivity index (χ0v) is 10.5. The highest BCUT2D eigenvalue weighted by molar-refractivity contribution is 5.46. The molecule has 0 saturated carbocycles. The third-order valence-electron chi connectivity index (χ3n) is 3.49. The molecule has 2 N–H and O–H groups in total. The molecule has 18 heavy (non-hydrogen) atoms. The number of hydrogen-bond donors (Lipinski definition) is 1. The minimum absolute atomic E-state index is 0.112. The quantitative estimate of drug-likeness (QED) is 0.650. The molecule has 1 saturated heterocycles. The van der Waals surface area contributed by atoms with Crippen LogP contribution in [0, 0.1) is 16.0 Å². The highest BCUT2D eigenvalue weighted by Crippen LogP contribution is 2.24. The lowest BCUT2D eigenvalue weighted by atomic mass is 9.92. The Hall–Kier alpha value is -1.69. The summed E-state index contributed by atoms with van der Waals surface area (Å²) < 4.78 is 0. The summed E-state index contributed by atoms with van der Waals surface area (Å²) in [6, 6.07) is 3.39. The molecule has 0 spiro atoms. The van der Waals surface area contributed by atoms with E-state index in [4.69, 9.17) is 5.73 Å². The molecule has 1 aromatic heterocycles. The van der Waals surface area contributed by atoms with Crippen molar-refractivity contribution >= 4 is 11.5 Å². The van der Waals surface area contributed by atoms with Crippen LogP contribution in [-0.4, -0.2) is 29.0 Å². The van der Waals surface area contributed by atoms with Gasteiger partial charge in [0.15, 0.2) is 6.20 Å². The second-order valence-electron chi connectivity index (χ2n) is 4.84. The predicted octanol–water partition coefficient (Wildman–Crippen LogP) is 1.55. The molecule has 1 fully saturated rings. The topological polar surface area (TPSA) is 85.3 Å². The standard InChI is InChI=1S/C12H18N4O2/c1-9(13)10-3-2-6-15(8-10)11-4-5-12(14-7-11)16(17)18/h4-5,7,9-10H,2-3,6,8,13H2,1H3. The Morgan fingerprint density at radius 2 is 2.39 bits per heavy atom. The lowest BCUT2D eigenvalue weighted by Gasteiger charge is -2.35. The van der Waals surface area contributed by atoms with Gasteiger partial charge in [-0.2, -0.15) is 0 Å². The van der Waals surface area contributed by atoms with Gasteiger partial charge in [-0.3, -0.25) is 0 Å². The van der Waals surface area contributed by atoms with E-state index in [1.807, 2.05) is 6.92 Å². The van der Waals surface area contributed by atoms with Gasteiger partial charge in [-0.25, -0.2) is 0 Å². The molecule has 2 heterocycles. The van der Waals surface area contributed by atoms with E-state index in [1.54, 1.807) is 12.3 Å². The van der Waals surface area contributed by atoms with Crippen molar-refractivity contribution < 1.29 is 4.92 Å². The fourth-order valence-electron chi connectivity index (χ4n) is 2.35. The normalized spacial score (nSPS) is 21.7. The first-order valence-corrected chi connectivity index (χ1v) is 6.19. The summed E-state index contributed by atoms with van der Waals surface area (Å²) in [7, 11) is 0. The predicted molar refractivity (Wildman–Crippen MR) is 69.5 cm³/mol. The van der Waals surface area contributed by atoms with Crippen molar-refractivity contribution in [3.8, 4) is 0 Å². The van der Waals surface area contributed by atoms with Crippen molar-refractivity contribution in [1.82, 2.24) is 4.98 Å². The molecule has 98 valence electrons. The number of hydrogen-bond acceptors (Lipinski definition) is 5. The molecule has 0 bridgehead atoms. The van der Waals surface area contributed by atoms with Crippen LogP contribution in [0.15, 0.2) is 18.3 Å². The largest absolute Gasteiger partial charge is 0.368 e. The Kier molecular flexibility index (Phi) is 3.76. The first-order valence-electron chi connectivity index (χ1n) is 6.19. The number of rotatable bonds is 3. The molecule has 0 amide bonds. The summed E-state index contributed by atoms with van der Waals surface area (Å²) in [6.07, 6.45) is 3.82. The van der Waals surface area contributed by atoms with Crippen LogP contribution in [0.1, 0.15) is 19.8 Å². The highest BCUT2D eigenvalue weighted by atomic mass is 16.6. The van der Waals surface area contributed by atoms with E-state index >= 15 is 0 Å². The summed E-state index contributed by atoms with van der Waals surface area (Å²) in [5.41, 5.74) is 6.88. The minimum atomic E-state index is -0.481. The number of nitro groups is 1. The molecule has 6 heteroatoms. The van der Waals surface area contributed by atoms with Crippen molar-refractivity contribution in [3.05, 3.63) is 28.4 Å². The minimum Gasteiger partial charge on any atom is -0.368 e. The number of piperidine rings is 1. The lowest BCUT2D eigenvalue weighted by Crippen LogP contribution is -2.42. The molecule has 0 aliphatic carbocycles. The van der Waals surface area contributed by atoms with Crippen molar-refractivity contribution in [2.24, 2.45) is 11.7 Å². The van der Waals surface area contributed by atoms with Crippen LogP contribution in [0.3, 0.4) is 0 Å². The van der Waals surface area contributed by atoms with Crippen molar-refractivity contribution in [2.75, 3.05) is 18.0 Å². The maximum Gasteiger partial charge on any atom is 0.363 e. The van der Waals surface area contributed by atoms with Crippen LogP contribution in [-0.2, 0) is 0 Å². The van der Waals surface area contributed by atoms with E-state index in [0.717, 1.165) is 31.6 Å². The summed E-state index contributed by atoms with van der Waals surface area (Å²) in [6.45, 7) is 3.89. The molecule has 0 radical (unpaired) electrons. The fraction of sp³-hybridized carbons (Fsp3) is 0.583. The van der Waals surface area contributed by atoms with Crippen LogP contribution in [0.4, 0.5) is 11.5 Å². The molecule has 1 aromatic rings. The van der Waals surface area contributed by atoms with Crippen LogP contribution < -0.4 is 10.6 Å². The number of aromatic nitrogens is 1. The van der Waals surface area contributed by atoms with Crippen molar-refractivity contribution in [1.29, 1.82) is 0 Å². The van der Waals surface area contributed by atoms with Gasteiger partial charge < -0.3 is 20.7 Å². The Labute approximate surface area is 106 Å². The van der Waals surface area contributed by atoms with Gasteiger partial charge in [0, 0.05) is 25.2 Å². The van der Waals surface area contributed by atoms with Gasteiger partial charge in [-0.15, -0.1) is 0 Å². The molecule has 1 aliphatic rings. The van der Waals surface area contributed by atoms with E-state index < -0.39 is 4.92 Å². The second-order valence-corrected chi connectivity index (χ2v) is 4.84. The average Bonchev–Trinajstić information content (AvgIpc) is 2.39. The molecule has 6 nitrogen and oxygen atoms in total. The number of nitrogens with zero attached hydrogens (tertiary/aromatic N) is 3. The monoisotopic (exact) mass is 250 g/mol. The number of nitrogens with two attached hydrogens (primary N) is 1. The van der Waals surface area contributed by atoms with E-state index in [0.29, 0.717) is 5.92 Å². The smallest absolute Gasteiger partial charge is 0.363 e. The summed E-state index contributed by atoms with van der Waals surface area (Å²) in [5, 5.41) is 10.5. The van der Waals surface area contributed by atoms with Gasteiger partial charge in [0.1, 0.15) is 0 Å². The molecule has 1 aliphatic heterocycles. The van der Waals surface area contributed by atoms with Crippen LogP contribution in [0.5, 0.6) is 0 Å². The Morgan fingerprint density at radius 1 is 1.61 bits per heavy atom. The van der Waals surface area contributed by atoms with Crippen LogP contribution in [0.25, 0.3) is 0 Å². The van der Waals surface area contributed by atoms with E-state index in [-0.39, 0.29) is 11.9 Å². The van der Waals surface area contributed by atoms with Gasteiger partial charge in [0.05, 0.1) is 5.69 Å². The summed E-state index contributed by atoms with van der Waals surface area (Å²) >= 11 is 0. The summed E-state index contributed by atoms with van der Waals surface area (Å²) in [4.78, 5) is 16.1. The molecule has 0 aromatic carbocycles. The zero-order chi connectivity index (χ0) is 13.1. The van der Waals surface area contributed by atoms with Crippen molar-refractivity contribution in [3.63, 3.8) is 0 Å². The van der Waals surface area contributed by atoms with Gasteiger partial charge in [-0.05, 0) is 41.7 Å². The van der Waals surface area contributed by atoms with E-state index in [2.05, 4.69) is 9.88 Å². The van der Waals surface area contributed by atoms with Crippen LogP contribution >= 0.6 is 0 Å². The molecule has 2 rings (SSSR count). The molecule has 2 atom stereocenters. The first-order chi connectivity index (χ1) is 8.58. The van der Waals surface area contributed by atoms with Gasteiger partial charge in [-0.1, -0.05) is 0 Å². The van der Waals surface area contributed by atoms with E-state index in [9.17, 15) is 10.1 Å².